The number of anilines is 1. The Balaban J connectivity index is 2.10. The van der Waals surface area contributed by atoms with E-state index < -0.39 is 0 Å². The first-order valence-electron chi connectivity index (χ1n) is 6.85. The first-order valence-corrected chi connectivity index (χ1v) is 6.85. The molecule has 0 atom stereocenters. The standard InChI is InChI=1S/C18H16N2O/c1-13(21)19-17-12-16(14-8-4-2-5-9-14)20-18(17)15-10-6-3-7-11-15/h2-12,20H,1H3,(H,19,21). The number of benzene rings is 2. The number of hydrogen-bond acceptors (Lipinski definition) is 1. The van der Waals surface area contributed by atoms with Crippen molar-refractivity contribution >= 4 is 11.6 Å². The van der Waals surface area contributed by atoms with Crippen LogP contribution >= 0.6 is 0 Å². The molecule has 3 heteroatoms. The van der Waals surface area contributed by atoms with Gasteiger partial charge in [-0.3, -0.25) is 4.79 Å². The van der Waals surface area contributed by atoms with E-state index in [-0.39, 0.29) is 5.91 Å². The molecule has 0 radical (unpaired) electrons. The molecule has 1 aromatic heterocycles. The third-order valence-electron chi connectivity index (χ3n) is 3.28. The Labute approximate surface area is 123 Å². The lowest BCUT2D eigenvalue weighted by Crippen LogP contribution is -2.05. The number of hydrogen-bond donors (Lipinski definition) is 2. The van der Waals surface area contributed by atoms with Crippen LogP contribution in [-0.2, 0) is 4.79 Å². The fourth-order valence-corrected chi connectivity index (χ4v) is 2.35. The SMILES string of the molecule is CC(=O)Nc1cc(-c2ccccc2)[nH]c1-c1ccccc1. The molecule has 3 nitrogen and oxygen atoms in total. The predicted molar refractivity (Wildman–Crippen MR) is 86.0 cm³/mol. The summed E-state index contributed by atoms with van der Waals surface area (Å²) in [5.74, 6) is -0.0780. The summed E-state index contributed by atoms with van der Waals surface area (Å²) >= 11 is 0. The summed E-state index contributed by atoms with van der Waals surface area (Å²) in [6, 6.07) is 22.0. The molecule has 0 bridgehead atoms. The zero-order chi connectivity index (χ0) is 14.7. The van der Waals surface area contributed by atoms with Crippen LogP contribution in [0.15, 0.2) is 66.7 Å². The highest BCUT2D eigenvalue weighted by atomic mass is 16.1. The van der Waals surface area contributed by atoms with E-state index in [1.165, 1.54) is 6.92 Å². The molecule has 2 aromatic carbocycles. The average molecular weight is 276 g/mol. The highest BCUT2D eigenvalue weighted by molar-refractivity contribution is 5.95. The molecular weight excluding hydrogens is 260 g/mol. The fraction of sp³-hybridized carbons (Fsp3) is 0.0556. The van der Waals surface area contributed by atoms with Crippen molar-refractivity contribution in [1.29, 1.82) is 0 Å². The van der Waals surface area contributed by atoms with Crippen LogP contribution in [0.3, 0.4) is 0 Å². The molecular formula is C18H16N2O. The summed E-state index contributed by atoms with van der Waals surface area (Å²) in [7, 11) is 0. The number of aromatic amines is 1. The van der Waals surface area contributed by atoms with E-state index in [4.69, 9.17) is 0 Å². The third-order valence-corrected chi connectivity index (χ3v) is 3.28. The van der Waals surface area contributed by atoms with Crippen LogP contribution in [0.5, 0.6) is 0 Å². The Morgan fingerprint density at radius 1 is 0.905 bits per heavy atom. The first kappa shape index (κ1) is 13.2. The molecule has 1 amide bonds. The molecule has 0 saturated heterocycles. The van der Waals surface area contributed by atoms with Crippen LogP contribution in [0.25, 0.3) is 22.5 Å². The number of carbonyl (C=O) groups is 1. The van der Waals surface area contributed by atoms with Crippen LogP contribution in [0.1, 0.15) is 6.92 Å². The lowest BCUT2D eigenvalue weighted by molar-refractivity contribution is -0.114. The molecule has 104 valence electrons. The van der Waals surface area contributed by atoms with Crippen molar-refractivity contribution in [3.05, 3.63) is 66.7 Å². The number of H-pyrrole nitrogens is 1. The van der Waals surface area contributed by atoms with Crippen molar-refractivity contribution in [2.45, 2.75) is 6.92 Å². The van der Waals surface area contributed by atoms with Gasteiger partial charge in [0.15, 0.2) is 0 Å². The number of aromatic nitrogens is 1. The maximum absolute atomic E-state index is 11.4. The summed E-state index contributed by atoms with van der Waals surface area (Å²) in [5.41, 5.74) is 4.84. The number of rotatable bonds is 3. The molecule has 21 heavy (non-hydrogen) atoms. The van der Waals surface area contributed by atoms with Gasteiger partial charge in [0.1, 0.15) is 0 Å². The quantitative estimate of drug-likeness (QED) is 0.735. The summed E-state index contributed by atoms with van der Waals surface area (Å²) in [5, 5.41) is 2.89. The van der Waals surface area contributed by atoms with Gasteiger partial charge in [-0.15, -0.1) is 0 Å². The van der Waals surface area contributed by atoms with Crippen LogP contribution in [0, 0.1) is 0 Å². The van der Waals surface area contributed by atoms with Gasteiger partial charge in [0, 0.05) is 18.2 Å². The van der Waals surface area contributed by atoms with Crippen LogP contribution < -0.4 is 5.32 Å². The number of amides is 1. The van der Waals surface area contributed by atoms with E-state index in [0.29, 0.717) is 0 Å². The van der Waals surface area contributed by atoms with Crippen molar-refractivity contribution in [3.8, 4) is 22.5 Å². The molecule has 2 N–H and O–H groups in total. The minimum atomic E-state index is -0.0780. The predicted octanol–water partition coefficient (Wildman–Crippen LogP) is 4.31. The summed E-state index contributed by atoms with van der Waals surface area (Å²) in [6.45, 7) is 1.52. The highest BCUT2D eigenvalue weighted by Crippen LogP contribution is 2.32. The lowest BCUT2D eigenvalue weighted by Gasteiger charge is -2.04. The minimum Gasteiger partial charge on any atom is -0.353 e. The van der Waals surface area contributed by atoms with E-state index in [9.17, 15) is 4.79 Å². The molecule has 0 unspecified atom stereocenters. The minimum absolute atomic E-state index is 0.0780. The normalized spacial score (nSPS) is 10.3. The van der Waals surface area contributed by atoms with Gasteiger partial charge in [-0.05, 0) is 11.6 Å². The van der Waals surface area contributed by atoms with E-state index in [1.54, 1.807) is 0 Å². The highest BCUT2D eigenvalue weighted by Gasteiger charge is 2.12. The van der Waals surface area contributed by atoms with Gasteiger partial charge < -0.3 is 10.3 Å². The van der Waals surface area contributed by atoms with Crippen LogP contribution in [-0.4, -0.2) is 10.9 Å². The summed E-state index contributed by atoms with van der Waals surface area (Å²) in [4.78, 5) is 14.8. The second-order valence-corrected chi connectivity index (χ2v) is 4.88. The molecule has 3 aromatic rings. The monoisotopic (exact) mass is 276 g/mol. The molecule has 1 heterocycles. The maximum Gasteiger partial charge on any atom is 0.221 e. The molecule has 0 aliphatic heterocycles. The summed E-state index contributed by atoms with van der Waals surface area (Å²) in [6.07, 6.45) is 0. The van der Waals surface area contributed by atoms with Gasteiger partial charge in [0.2, 0.25) is 5.91 Å². The van der Waals surface area contributed by atoms with Crippen LogP contribution in [0.4, 0.5) is 5.69 Å². The van der Waals surface area contributed by atoms with E-state index in [0.717, 1.165) is 28.2 Å². The van der Waals surface area contributed by atoms with Crippen LogP contribution in [0.2, 0.25) is 0 Å². The smallest absolute Gasteiger partial charge is 0.221 e. The summed E-state index contributed by atoms with van der Waals surface area (Å²) < 4.78 is 0. The molecule has 0 aliphatic carbocycles. The first-order chi connectivity index (χ1) is 10.2. The van der Waals surface area contributed by atoms with Crippen molar-refractivity contribution in [2.75, 3.05) is 5.32 Å². The van der Waals surface area contributed by atoms with Crippen molar-refractivity contribution in [2.24, 2.45) is 0 Å². The van der Waals surface area contributed by atoms with E-state index >= 15 is 0 Å². The molecule has 0 aliphatic rings. The number of carbonyl (C=O) groups excluding carboxylic acids is 1. The van der Waals surface area contributed by atoms with Gasteiger partial charge in [0.25, 0.3) is 0 Å². The van der Waals surface area contributed by atoms with Crippen molar-refractivity contribution < 1.29 is 4.79 Å². The number of nitrogens with one attached hydrogen (secondary N) is 2. The largest absolute Gasteiger partial charge is 0.353 e. The zero-order valence-corrected chi connectivity index (χ0v) is 11.8. The van der Waals surface area contributed by atoms with Gasteiger partial charge >= 0.3 is 0 Å². The second kappa shape index (κ2) is 5.67. The van der Waals surface area contributed by atoms with Gasteiger partial charge in [-0.1, -0.05) is 60.7 Å². The topological polar surface area (TPSA) is 44.9 Å². The Hall–Kier alpha value is -2.81. The average Bonchev–Trinajstić information content (AvgIpc) is 2.92. The Bertz CT molecular complexity index is 745. The van der Waals surface area contributed by atoms with E-state index in [2.05, 4.69) is 10.3 Å². The van der Waals surface area contributed by atoms with Gasteiger partial charge in [-0.25, -0.2) is 0 Å². The maximum atomic E-state index is 11.4. The Morgan fingerprint density at radius 3 is 2.05 bits per heavy atom. The van der Waals surface area contributed by atoms with E-state index in [1.807, 2.05) is 66.7 Å². The van der Waals surface area contributed by atoms with Gasteiger partial charge in [-0.2, -0.15) is 0 Å². The molecule has 0 saturated carbocycles. The fourth-order valence-electron chi connectivity index (χ4n) is 2.35. The molecule has 0 fully saturated rings. The zero-order valence-electron chi connectivity index (χ0n) is 11.8. The van der Waals surface area contributed by atoms with Crippen molar-refractivity contribution in [3.63, 3.8) is 0 Å². The van der Waals surface area contributed by atoms with Gasteiger partial charge in [0.05, 0.1) is 11.4 Å². The Kier molecular flexibility index (Phi) is 3.56. The van der Waals surface area contributed by atoms with Crippen molar-refractivity contribution in [1.82, 2.24) is 4.98 Å². The molecule has 0 spiro atoms. The molecule has 3 rings (SSSR count). The lowest BCUT2D eigenvalue weighted by atomic mass is 10.1. The second-order valence-electron chi connectivity index (χ2n) is 4.88. The third kappa shape index (κ3) is 2.87. The Morgan fingerprint density at radius 2 is 1.48 bits per heavy atom.